The van der Waals surface area contributed by atoms with Crippen molar-refractivity contribution in [2.75, 3.05) is 11.9 Å². The first-order valence-electron chi connectivity index (χ1n) is 8.67. The molecule has 0 aliphatic carbocycles. The number of anilines is 1. The highest BCUT2D eigenvalue weighted by molar-refractivity contribution is 7.13. The van der Waals surface area contributed by atoms with E-state index in [1.807, 2.05) is 31.2 Å². The summed E-state index contributed by atoms with van der Waals surface area (Å²) < 4.78 is 5.27. The van der Waals surface area contributed by atoms with Crippen LogP contribution in [-0.4, -0.2) is 39.4 Å². The second-order valence-corrected chi connectivity index (χ2v) is 7.32. The number of thiazole rings is 1. The molecule has 138 valence electrons. The molecule has 1 N–H and O–H groups in total. The molecule has 0 saturated carbocycles. The minimum absolute atomic E-state index is 0.138. The topological polar surface area (TPSA) is 88.3 Å². The monoisotopic (exact) mass is 382 g/mol. The molecule has 3 aromatic rings. The Bertz CT molecular complexity index is 950. The van der Waals surface area contributed by atoms with Crippen LogP contribution in [0.4, 0.5) is 5.13 Å². The number of aryl methyl sites for hydroxylation is 1. The van der Waals surface area contributed by atoms with Gasteiger partial charge in [0.2, 0.25) is 11.7 Å². The zero-order valence-electron chi connectivity index (χ0n) is 14.7. The molecule has 1 aliphatic heterocycles. The summed E-state index contributed by atoms with van der Waals surface area (Å²) in [5.41, 5.74) is 2.62. The standard InChI is InChI=1S/C19H18N4O3S/c1-12-4-6-13(7-5-12)14-11-16(26-22-14)18(25)23-9-2-3-15(23)17(24)21-19-20-8-10-27-19/h4-8,10-11,15H,2-3,9H2,1H3,(H,20,21,24)/t15-/m0/s1. The highest BCUT2D eigenvalue weighted by atomic mass is 32.1. The van der Waals surface area contributed by atoms with Crippen LogP contribution < -0.4 is 5.32 Å². The lowest BCUT2D eigenvalue weighted by atomic mass is 10.1. The fourth-order valence-corrected chi connectivity index (χ4v) is 3.67. The minimum atomic E-state index is -0.533. The molecule has 1 atom stereocenters. The predicted molar refractivity (Wildman–Crippen MR) is 101 cm³/mol. The predicted octanol–water partition coefficient (Wildman–Crippen LogP) is 3.35. The summed E-state index contributed by atoms with van der Waals surface area (Å²) >= 11 is 1.34. The molecule has 0 unspecified atom stereocenters. The molecule has 1 fully saturated rings. The fourth-order valence-electron chi connectivity index (χ4n) is 3.13. The van der Waals surface area contributed by atoms with E-state index in [1.54, 1.807) is 22.5 Å². The van der Waals surface area contributed by atoms with E-state index in [0.717, 1.165) is 17.5 Å². The third kappa shape index (κ3) is 3.61. The number of benzene rings is 1. The quantitative estimate of drug-likeness (QED) is 0.748. The molecule has 27 heavy (non-hydrogen) atoms. The molecule has 0 radical (unpaired) electrons. The van der Waals surface area contributed by atoms with E-state index in [2.05, 4.69) is 15.5 Å². The average Bonchev–Trinajstić information content (AvgIpc) is 3.42. The van der Waals surface area contributed by atoms with Gasteiger partial charge in [-0.3, -0.25) is 9.59 Å². The van der Waals surface area contributed by atoms with Gasteiger partial charge in [0, 0.05) is 29.8 Å². The van der Waals surface area contributed by atoms with Crippen LogP contribution in [0.25, 0.3) is 11.3 Å². The lowest BCUT2D eigenvalue weighted by Crippen LogP contribution is -2.43. The number of carbonyl (C=O) groups is 2. The summed E-state index contributed by atoms with van der Waals surface area (Å²) in [5, 5.41) is 9.09. The second kappa shape index (κ2) is 7.32. The van der Waals surface area contributed by atoms with E-state index in [9.17, 15) is 9.59 Å². The Morgan fingerprint density at radius 2 is 2.11 bits per heavy atom. The SMILES string of the molecule is Cc1ccc(-c2cc(C(=O)N3CCC[C@H]3C(=O)Nc3nccs3)on2)cc1. The summed E-state index contributed by atoms with van der Waals surface area (Å²) in [7, 11) is 0. The lowest BCUT2D eigenvalue weighted by molar-refractivity contribution is -0.119. The van der Waals surface area contributed by atoms with Crippen molar-refractivity contribution in [2.24, 2.45) is 0 Å². The second-order valence-electron chi connectivity index (χ2n) is 6.43. The van der Waals surface area contributed by atoms with Crippen molar-refractivity contribution in [2.45, 2.75) is 25.8 Å². The van der Waals surface area contributed by atoms with Crippen LogP contribution in [0.1, 0.15) is 29.0 Å². The van der Waals surface area contributed by atoms with E-state index in [1.165, 1.54) is 11.3 Å². The highest BCUT2D eigenvalue weighted by Crippen LogP contribution is 2.25. The molecular weight excluding hydrogens is 364 g/mol. The largest absolute Gasteiger partial charge is 0.350 e. The van der Waals surface area contributed by atoms with Gasteiger partial charge in [-0.15, -0.1) is 11.3 Å². The molecule has 1 aliphatic rings. The first-order valence-corrected chi connectivity index (χ1v) is 9.55. The van der Waals surface area contributed by atoms with Crippen LogP contribution in [0.2, 0.25) is 0 Å². The summed E-state index contributed by atoms with van der Waals surface area (Å²) in [6.07, 6.45) is 3.00. The molecule has 1 aromatic carbocycles. The Morgan fingerprint density at radius 3 is 2.85 bits per heavy atom. The zero-order chi connectivity index (χ0) is 18.8. The van der Waals surface area contributed by atoms with Crippen molar-refractivity contribution in [1.82, 2.24) is 15.0 Å². The molecule has 0 bridgehead atoms. The number of hydrogen-bond acceptors (Lipinski definition) is 6. The van der Waals surface area contributed by atoms with Crippen molar-refractivity contribution < 1.29 is 14.1 Å². The van der Waals surface area contributed by atoms with Gasteiger partial charge in [-0.2, -0.15) is 0 Å². The number of nitrogens with one attached hydrogen (secondary N) is 1. The molecule has 7 nitrogen and oxygen atoms in total. The number of aromatic nitrogens is 2. The van der Waals surface area contributed by atoms with Crippen molar-refractivity contribution in [3.63, 3.8) is 0 Å². The molecule has 1 saturated heterocycles. The van der Waals surface area contributed by atoms with Crippen LogP contribution in [0, 0.1) is 6.92 Å². The number of rotatable bonds is 4. The maximum absolute atomic E-state index is 12.9. The van der Waals surface area contributed by atoms with Gasteiger partial charge in [-0.25, -0.2) is 4.98 Å². The Kier molecular flexibility index (Phi) is 4.72. The third-order valence-electron chi connectivity index (χ3n) is 4.55. The Morgan fingerprint density at radius 1 is 1.30 bits per heavy atom. The molecule has 3 heterocycles. The first-order chi connectivity index (χ1) is 13.1. The van der Waals surface area contributed by atoms with Crippen LogP contribution in [-0.2, 0) is 4.79 Å². The Labute approximate surface area is 160 Å². The van der Waals surface area contributed by atoms with E-state index >= 15 is 0 Å². The van der Waals surface area contributed by atoms with Crippen molar-refractivity contribution >= 4 is 28.3 Å². The number of likely N-dealkylation sites (tertiary alicyclic amines) is 1. The summed E-state index contributed by atoms with van der Waals surface area (Å²) in [6, 6.07) is 8.91. The first kappa shape index (κ1) is 17.4. The zero-order valence-corrected chi connectivity index (χ0v) is 15.5. The molecule has 4 rings (SSSR count). The minimum Gasteiger partial charge on any atom is -0.350 e. The van der Waals surface area contributed by atoms with Crippen LogP contribution in [0.3, 0.4) is 0 Å². The van der Waals surface area contributed by atoms with E-state index in [0.29, 0.717) is 23.8 Å². The van der Waals surface area contributed by atoms with Gasteiger partial charge in [0.1, 0.15) is 11.7 Å². The number of hydrogen-bond donors (Lipinski definition) is 1. The van der Waals surface area contributed by atoms with Gasteiger partial charge in [0.05, 0.1) is 0 Å². The Hall–Kier alpha value is -3.00. The van der Waals surface area contributed by atoms with E-state index < -0.39 is 6.04 Å². The number of amides is 2. The molecule has 0 spiro atoms. The van der Waals surface area contributed by atoms with Crippen molar-refractivity contribution in [3.05, 3.63) is 53.2 Å². The number of carbonyl (C=O) groups excluding carboxylic acids is 2. The molecule has 8 heteroatoms. The molecular formula is C19H18N4O3S. The van der Waals surface area contributed by atoms with Gasteiger partial charge in [0.15, 0.2) is 5.13 Å². The normalized spacial score (nSPS) is 16.5. The molecule has 2 amide bonds. The molecule has 2 aromatic heterocycles. The summed E-state index contributed by atoms with van der Waals surface area (Å²) in [4.78, 5) is 31.0. The third-order valence-corrected chi connectivity index (χ3v) is 5.24. The van der Waals surface area contributed by atoms with Gasteiger partial charge >= 0.3 is 0 Å². The average molecular weight is 382 g/mol. The van der Waals surface area contributed by atoms with E-state index in [-0.39, 0.29) is 17.6 Å². The van der Waals surface area contributed by atoms with Crippen LogP contribution in [0.15, 0.2) is 46.4 Å². The van der Waals surface area contributed by atoms with Crippen molar-refractivity contribution in [3.8, 4) is 11.3 Å². The summed E-state index contributed by atoms with van der Waals surface area (Å²) in [5.74, 6) is -0.411. The number of nitrogens with zero attached hydrogens (tertiary/aromatic N) is 3. The lowest BCUT2D eigenvalue weighted by Gasteiger charge is -2.22. The smallest absolute Gasteiger partial charge is 0.293 e. The van der Waals surface area contributed by atoms with Crippen LogP contribution >= 0.6 is 11.3 Å². The van der Waals surface area contributed by atoms with Gasteiger partial charge in [-0.1, -0.05) is 35.0 Å². The fraction of sp³-hybridized carbons (Fsp3) is 0.263. The maximum Gasteiger partial charge on any atom is 0.293 e. The Balaban J connectivity index is 1.50. The maximum atomic E-state index is 12.9. The highest BCUT2D eigenvalue weighted by Gasteiger charge is 2.36. The van der Waals surface area contributed by atoms with Gasteiger partial charge in [-0.05, 0) is 19.8 Å². The summed E-state index contributed by atoms with van der Waals surface area (Å²) in [6.45, 7) is 2.52. The van der Waals surface area contributed by atoms with Crippen molar-refractivity contribution in [1.29, 1.82) is 0 Å². The van der Waals surface area contributed by atoms with Gasteiger partial charge < -0.3 is 14.7 Å². The van der Waals surface area contributed by atoms with E-state index in [4.69, 9.17) is 4.52 Å². The van der Waals surface area contributed by atoms with Gasteiger partial charge in [0.25, 0.3) is 5.91 Å². The van der Waals surface area contributed by atoms with Crippen LogP contribution in [0.5, 0.6) is 0 Å².